The molecular formula is C9H16N2O3. The molecule has 1 aliphatic rings. The van der Waals surface area contributed by atoms with Gasteiger partial charge in [0.2, 0.25) is 0 Å². The van der Waals surface area contributed by atoms with E-state index in [1.807, 2.05) is 0 Å². The highest BCUT2D eigenvalue weighted by molar-refractivity contribution is 5.80. The maximum absolute atomic E-state index is 11.5. The molecule has 0 atom stereocenters. The van der Waals surface area contributed by atoms with Gasteiger partial charge in [0.25, 0.3) is 5.91 Å². The van der Waals surface area contributed by atoms with E-state index in [-0.39, 0.29) is 12.5 Å². The maximum Gasteiger partial charge on any atom is 0.303 e. The van der Waals surface area contributed by atoms with Crippen LogP contribution in [0.25, 0.3) is 0 Å². The lowest BCUT2D eigenvalue weighted by Gasteiger charge is -2.19. The largest absolute Gasteiger partial charge is 0.456 e. The zero-order valence-electron chi connectivity index (χ0n) is 8.41. The van der Waals surface area contributed by atoms with Gasteiger partial charge in [-0.2, -0.15) is 0 Å². The Morgan fingerprint density at radius 1 is 1.36 bits per heavy atom. The molecule has 1 N–H and O–H groups in total. The molecule has 14 heavy (non-hydrogen) atoms. The number of nitrogens with zero attached hydrogens (tertiary/aromatic N) is 1. The number of esters is 1. The second kappa shape index (κ2) is 5.59. The summed E-state index contributed by atoms with van der Waals surface area (Å²) in [4.78, 5) is 23.7. The summed E-state index contributed by atoms with van der Waals surface area (Å²) >= 11 is 0. The van der Waals surface area contributed by atoms with Crippen LogP contribution < -0.4 is 5.32 Å². The van der Waals surface area contributed by atoms with Crippen molar-refractivity contribution in [2.45, 2.75) is 13.3 Å². The molecular weight excluding hydrogens is 184 g/mol. The zero-order valence-corrected chi connectivity index (χ0v) is 8.41. The van der Waals surface area contributed by atoms with E-state index in [4.69, 9.17) is 0 Å². The lowest BCUT2D eigenvalue weighted by atomic mass is 10.4. The number of nitrogens with one attached hydrogen (secondary N) is 1. The Morgan fingerprint density at radius 3 is 2.86 bits per heavy atom. The molecule has 0 aromatic rings. The quantitative estimate of drug-likeness (QED) is 0.603. The van der Waals surface area contributed by atoms with Crippen LogP contribution in [0.15, 0.2) is 0 Å². The highest BCUT2D eigenvalue weighted by Gasteiger charge is 2.15. The topological polar surface area (TPSA) is 58.6 Å². The Bertz CT molecular complexity index is 210. The van der Waals surface area contributed by atoms with Gasteiger partial charge >= 0.3 is 5.97 Å². The fourth-order valence-electron chi connectivity index (χ4n) is 1.35. The van der Waals surface area contributed by atoms with Crippen molar-refractivity contribution >= 4 is 11.9 Å². The summed E-state index contributed by atoms with van der Waals surface area (Å²) in [5.74, 6) is -0.518. The molecule has 1 amide bonds. The fraction of sp³-hybridized carbons (Fsp3) is 0.778. The van der Waals surface area contributed by atoms with Gasteiger partial charge < -0.3 is 15.0 Å². The van der Waals surface area contributed by atoms with E-state index in [2.05, 4.69) is 10.1 Å². The first-order valence-corrected chi connectivity index (χ1v) is 4.82. The van der Waals surface area contributed by atoms with Gasteiger partial charge in [-0.15, -0.1) is 0 Å². The maximum atomic E-state index is 11.5. The molecule has 0 spiro atoms. The summed E-state index contributed by atoms with van der Waals surface area (Å²) < 4.78 is 4.65. The molecule has 1 aliphatic heterocycles. The summed E-state index contributed by atoms with van der Waals surface area (Å²) in [6.45, 7) is 4.36. The average Bonchev–Trinajstić information content (AvgIpc) is 2.42. The van der Waals surface area contributed by atoms with Crippen LogP contribution in [0.4, 0.5) is 0 Å². The Morgan fingerprint density at radius 2 is 2.14 bits per heavy atom. The third-order valence-corrected chi connectivity index (χ3v) is 2.09. The second-order valence-corrected chi connectivity index (χ2v) is 3.26. The number of hydrogen-bond donors (Lipinski definition) is 1. The Labute approximate surface area is 83.4 Å². The van der Waals surface area contributed by atoms with E-state index in [0.717, 1.165) is 26.1 Å². The summed E-state index contributed by atoms with van der Waals surface area (Å²) in [5.41, 5.74) is 0. The molecule has 5 nitrogen and oxygen atoms in total. The van der Waals surface area contributed by atoms with Gasteiger partial charge in [-0.05, 0) is 13.0 Å². The van der Waals surface area contributed by atoms with Gasteiger partial charge in [-0.3, -0.25) is 9.59 Å². The smallest absolute Gasteiger partial charge is 0.303 e. The fourth-order valence-corrected chi connectivity index (χ4v) is 1.35. The number of carbonyl (C=O) groups excluding carboxylic acids is 2. The van der Waals surface area contributed by atoms with E-state index < -0.39 is 5.97 Å². The van der Waals surface area contributed by atoms with Crippen LogP contribution in [0.1, 0.15) is 13.3 Å². The number of ether oxygens (including phenoxy) is 1. The zero-order chi connectivity index (χ0) is 10.4. The predicted molar refractivity (Wildman–Crippen MR) is 50.7 cm³/mol. The number of rotatable bonds is 2. The van der Waals surface area contributed by atoms with Crippen LogP contribution in [-0.4, -0.2) is 49.6 Å². The molecule has 0 aliphatic carbocycles. The van der Waals surface area contributed by atoms with Gasteiger partial charge in [0.15, 0.2) is 6.61 Å². The molecule has 1 rings (SSSR count). The Hall–Kier alpha value is -1.10. The molecule has 80 valence electrons. The van der Waals surface area contributed by atoms with Crippen molar-refractivity contribution in [3.05, 3.63) is 0 Å². The number of carbonyl (C=O) groups is 2. The molecule has 1 heterocycles. The van der Waals surface area contributed by atoms with Crippen molar-refractivity contribution in [2.75, 3.05) is 32.8 Å². The van der Waals surface area contributed by atoms with E-state index >= 15 is 0 Å². The van der Waals surface area contributed by atoms with Crippen LogP contribution in [0.2, 0.25) is 0 Å². The molecule has 0 bridgehead atoms. The van der Waals surface area contributed by atoms with Crippen molar-refractivity contribution in [3.8, 4) is 0 Å². The lowest BCUT2D eigenvalue weighted by Crippen LogP contribution is -2.37. The normalized spacial score (nSPS) is 17.4. The molecule has 1 saturated heterocycles. The van der Waals surface area contributed by atoms with Gasteiger partial charge in [-0.25, -0.2) is 0 Å². The van der Waals surface area contributed by atoms with E-state index in [1.165, 1.54) is 6.92 Å². The van der Waals surface area contributed by atoms with Gasteiger partial charge in [0.05, 0.1) is 0 Å². The SMILES string of the molecule is CC(=O)OCC(=O)N1CCCNCC1. The van der Waals surface area contributed by atoms with Gasteiger partial charge in [0.1, 0.15) is 0 Å². The molecule has 5 heteroatoms. The van der Waals surface area contributed by atoms with E-state index in [1.54, 1.807) is 4.90 Å². The Kier molecular flexibility index (Phi) is 4.39. The first kappa shape index (κ1) is 11.0. The number of hydrogen-bond acceptors (Lipinski definition) is 4. The monoisotopic (exact) mass is 200 g/mol. The molecule has 0 aromatic heterocycles. The second-order valence-electron chi connectivity index (χ2n) is 3.26. The highest BCUT2D eigenvalue weighted by atomic mass is 16.5. The minimum absolute atomic E-state index is 0.107. The van der Waals surface area contributed by atoms with Crippen molar-refractivity contribution in [2.24, 2.45) is 0 Å². The van der Waals surface area contributed by atoms with Crippen molar-refractivity contribution in [1.82, 2.24) is 10.2 Å². The van der Waals surface area contributed by atoms with Crippen LogP contribution in [0, 0.1) is 0 Å². The molecule has 0 saturated carbocycles. The van der Waals surface area contributed by atoms with Crippen molar-refractivity contribution < 1.29 is 14.3 Å². The van der Waals surface area contributed by atoms with Gasteiger partial charge in [0, 0.05) is 26.6 Å². The molecule has 1 fully saturated rings. The van der Waals surface area contributed by atoms with Gasteiger partial charge in [-0.1, -0.05) is 0 Å². The number of amides is 1. The van der Waals surface area contributed by atoms with Crippen molar-refractivity contribution in [3.63, 3.8) is 0 Å². The van der Waals surface area contributed by atoms with Crippen LogP contribution in [0.5, 0.6) is 0 Å². The average molecular weight is 200 g/mol. The third kappa shape index (κ3) is 3.74. The molecule has 0 aromatic carbocycles. The standard InChI is InChI=1S/C9H16N2O3/c1-8(12)14-7-9(13)11-5-2-3-10-4-6-11/h10H,2-7H2,1H3. The minimum Gasteiger partial charge on any atom is -0.456 e. The van der Waals surface area contributed by atoms with Crippen LogP contribution in [-0.2, 0) is 14.3 Å². The summed E-state index contributed by atoms with van der Waals surface area (Å²) in [6.07, 6.45) is 0.950. The molecule has 0 radical (unpaired) electrons. The van der Waals surface area contributed by atoms with E-state index in [9.17, 15) is 9.59 Å². The summed E-state index contributed by atoms with van der Waals surface area (Å²) in [6, 6.07) is 0. The lowest BCUT2D eigenvalue weighted by molar-refractivity contribution is -0.150. The predicted octanol–water partition coefficient (Wildman–Crippen LogP) is -0.629. The molecule has 0 unspecified atom stereocenters. The summed E-state index contributed by atoms with van der Waals surface area (Å²) in [7, 11) is 0. The highest BCUT2D eigenvalue weighted by Crippen LogP contribution is 1.96. The van der Waals surface area contributed by atoms with Crippen LogP contribution in [0.3, 0.4) is 0 Å². The minimum atomic E-state index is -0.411. The van der Waals surface area contributed by atoms with Crippen molar-refractivity contribution in [1.29, 1.82) is 0 Å². The first-order valence-electron chi connectivity index (χ1n) is 4.82. The van der Waals surface area contributed by atoms with Crippen LogP contribution >= 0.6 is 0 Å². The van der Waals surface area contributed by atoms with E-state index in [0.29, 0.717) is 6.54 Å². The third-order valence-electron chi connectivity index (χ3n) is 2.09. The summed E-state index contributed by atoms with van der Waals surface area (Å²) in [5, 5.41) is 3.20. The first-order chi connectivity index (χ1) is 6.70. The Balaban J connectivity index is 2.30.